The zero-order chi connectivity index (χ0) is 20.3. The van der Waals surface area contributed by atoms with E-state index in [-0.39, 0.29) is 10.6 Å². The van der Waals surface area contributed by atoms with Crippen LogP contribution in [0.5, 0.6) is 5.75 Å². The Morgan fingerprint density at radius 2 is 1.81 bits per heavy atom. The summed E-state index contributed by atoms with van der Waals surface area (Å²) in [6.07, 6.45) is 3.22. The monoisotopic (exact) mass is 394 g/mol. The van der Waals surface area contributed by atoms with E-state index in [1.54, 1.807) is 18.2 Å². The summed E-state index contributed by atoms with van der Waals surface area (Å²) in [5.41, 5.74) is 1.15. The molecule has 2 aromatic carbocycles. The lowest BCUT2D eigenvalue weighted by atomic mass is 10.2. The molecule has 0 unspecified atom stereocenters. The standard InChI is InChI=1S/C18H21FN2O3S.C2H6/c1-3-4-11-21-25(22,23)16-8-6-15(7-9-16)20-13-14-5-10-18(24-2)17(19)12-14;1-2/h5-10,12-13,21H,3-4,11H2,1-2H3;1-2H3. The summed E-state index contributed by atoms with van der Waals surface area (Å²) in [6.45, 7) is 6.41. The zero-order valence-electron chi connectivity index (χ0n) is 16.2. The van der Waals surface area contributed by atoms with Crippen LogP contribution in [-0.4, -0.2) is 28.3 Å². The summed E-state index contributed by atoms with van der Waals surface area (Å²) < 4.78 is 45.2. The van der Waals surface area contributed by atoms with Crippen LogP contribution < -0.4 is 9.46 Å². The van der Waals surface area contributed by atoms with E-state index < -0.39 is 15.8 Å². The van der Waals surface area contributed by atoms with Crippen molar-refractivity contribution in [2.24, 2.45) is 4.99 Å². The van der Waals surface area contributed by atoms with Crippen LogP contribution in [0.2, 0.25) is 0 Å². The molecule has 5 nitrogen and oxygen atoms in total. The Labute approximate surface area is 161 Å². The topological polar surface area (TPSA) is 67.8 Å². The predicted octanol–water partition coefficient (Wildman–Crippen LogP) is 4.69. The van der Waals surface area contributed by atoms with Crippen molar-refractivity contribution in [3.05, 3.63) is 53.8 Å². The number of sulfonamides is 1. The van der Waals surface area contributed by atoms with Gasteiger partial charge in [-0.1, -0.05) is 27.2 Å². The van der Waals surface area contributed by atoms with Crippen molar-refractivity contribution in [1.29, 1.82) is 0 Å². The maximum Gasteiger partial charge on any atom is 0.240 e. The second kappa shape index (κ2) is 11.5. The smallest absolute Gasteiger partial charge is 0.240 e. The normalized spacial score (nSPS) is 11.1. The minimum absolute atomic E-state index is 0.169. The molecule has 7 heteroatoms. The molecule has 0 heterocycles. The molecular formula is C20H27FN2O3S. The summed E-state index contributed by atoms with van der Waals surface area (Å²) in [4.78, 5) is 4.42. The molecule has 0 fully saturated rings. The van der Waals surface area contributed by atoms with Crippen molar-refractivity contribution in [3.8, 4) is 5.75 Å². The fourth-order valence-electron chi connectivity index (χ4n) is 2.09. The van der Waals surface area contributed by atoms with Gasteiger partial charge >= 0.3 is 0 Å². The maximum atomic E-state index is 13.6. The van der Waals surface area contributed by atoms with Gasteiger partial charge in [-0.25, -0.2) is 17.5 Å². The number of methoxy groups -OCH3 is 1. The number of nitrogens with one attached hydrogen (secondary N) is 1. The summed E-state index contributed by atoms with van der Waals surface area (Å²) in [5.74, 6) is -0.298. The number of halogens is 1. The molecule has 148 valence electrons. The highest BCUT2D eigenvalue weighted by atomic mass is 32.2. The average molecular weight is 395 g/mol. The van der Waals surface area contributed by atoms with Gasteiger partial charge in [-0.15, -0.1) is 0 Å². The molecule has 0 saturated carbocycles. The largest absolute Gasteiger partial charge is 0.494 e. The molecule has 27 heavy (non-hydrogen) atoms. The zero-order valence-corrected chi connectivity index (χ0v) is 17.0. The Morgan fingerprint density at radius 3 is 2.37 bits per heavy atom. The van der Waals surface area contributed by atoms with Crippen LogP contribution in [0.25, 0.3) is 0 Å². The van der Waals surface area contributed by atoms with Gasteiger partial charge in [0.05, 0.1) is 17.7 Å². The van der Waals surface area contributed by atoms with Crippen molar-refractivity contribution in [3.63, 3.8) is 0 Å². The summed E-state index contributed by atoms with van der Waals surface area (Å²) in [5, 5.41) is 0. The van der Waals surface area contributed by atoms with E-state index in [1.165, 1.54) is 37.6 Å². The van der Waals surface area contributed by atoms with Gasteiger partial charge in [0.25, 0.3) is 0 Å². The molecule has 0 aromatic heterocycles. The molecule has 2 aromatic rings. The number of unbranched alkanes of at least 4 members (excludes halogenated alkanes) is 1. The van der Waals surface area contributed by atoms with Gasteiger partial charge in [0.2, 0.25) is 10.0 Å². The molecule has 0 amide bonds. The first-order valence-electron chi connectivity index (χ1n) is 8.93. The van der Waals surface area contributed by atoms with Crippen LogP contribution in [-0.2, 0) is 10.0 Å². The van der Waals surface area contributed by atoms with E-state index in [0.717, 1.165) is 12.8 Å². The summed E-state index contributed by atoms with van der Waals surface area (Å²) in [6, 6.07) is 10.7. The van der Waals surface area contributed by atoms with E-state index in [0.29, 0.717) is 17.8 Å². The Bertz CT molecular complexity index is 835. The van der Waals surface area contributed by atoms with Gasteiger partial charge in [-0.05, 0) is 54.4 Å². The highest BCUT2D eigenvalue weighted by Crippen LogP contribution is 2.19. The lowest BCUT2D eigenvalue weighted by Gasteiger charge is -2.06. The molecule has 0 atom stereocenters. The van der Waals surface area contributed by atoms with Crippen molar-refractivity contribution in [2.75, 3.05) is 13.7 Å². The number of hydrogen-bond donors (Lipinski definition) is 1. The lowest BCUT2D eigenvalue weighted by molar-refractivity contribution is 0.386. The SMILES string of the molecule is CC.CCCCNS(=O)(=O)c1ccc(N=Cc2ccc(OC)c(F)c2)cc1. The van der Waals surface area contributed by atoms with E-state index in [4.69, 9.17) is 4.74 Å². The summed E-state index contributed by atoms with van der Waals surface area (Å²) in [7, 11) is -2.09. The van der Waals surface area contributed by atoms with E-state index in [2.05, 4.69) is 9.71 Å². The minimum Gasteiger partial charge on any atom is -0.494 e. The molecule has 0 radical (unpaired) electrons. The fraction of sp³-hybridized carbons (Fsp3) is 0.350. The van der Waals surface area contributed by atoms with Crippen molar-refractivity contribution in [1.82, 2.24) is 4.72 Å². The molecule has 0 saturated heterocycles. The van der Waals surface area contributed by atoms with E-state index in [9.17, 15) is 12.8 Å². The van der Waals surface area contributed by atoms with Crippen LogP contribution in [0.1, 0.15) is 39.2 Å². The molecule has 0 aliphatic heterocycles. The summed E-state index contributed by atoms with van der Waals surface area (Å²) >= 11 is 0. The number of aliphatic imine (C=N–C) groups is 1. The van der Waals surface area contributed by atoms with Gasteiger partial charge in [-0.3, -0.25) is 4.99 Å². The Balaban J connectivity index is 0.00000176. The molecule has 2 rings (SSSR count). The van der Waals surface area contributed by atoms with Crippen LogP contribution >= 0.6 is 0 Å². The Kier molecular flexibility index (Phi) is 9.67. The highest BCUT2D eigenvalue weighted by molar-refractivity contribution is 7.89. The van der Waals surface area contributed by atoms with E-state index in [1.807, 2.05) is 20.8 Å². The van der Waals surface area contributed by atoms with Crippen LogP contribution in [0, 0.1) is 5.82 Å². The van der Waals surface area contributed by atoms with Crippen molar-refractivity contribution >= 4 is 21.9 Å². The third-order valence-electron chi connectivity index (χ3n) is 3.51. The van der Waals surface area contributed by atoms with Gasteiger partial charge in [0.1, 0.15) is 0 Å². The van der Waals surface area contributed by atoms with Crippen molar-refractivity contribution < 1.29 is 17.5 Å². The van der Waals surface area contributed by atoms with Gasteiger partial charge in [0, 0.05) is 12.8 Å². The van der Waals surface area contributed by atoms with Crippen molar-refractivity contribution in [2.45, 2.75) is 38.5 Å². The van der Waals surface area contributed by atoms with Crippen LogP contribution in [0.15, 0.2) is 52.4 Å². The Hall–Kier alpha value is -2.25. The maximum absolute atomic E-state index is 13.6. The molecular weight excluding hydrogens is 367 g/mol. The highest BCUT2D eigenvalue weighted by Gasteiger charge is 2.12. The predicted molar refractivity (Wildman–Crippen MR) is 108 cm³/mol. The number of benzene rings is 2. The quantitative estimate of drug-likeness (QED) is 0.522. The number of hydrogen-bond acceptors (Lipinski definition) is 4. The number of nitrogens with zero attached hydrogens (tertiary/aromatic N) is 1. The third kappa shape index (κ3) is 7.11. The van der Waals surface area contributed by atoms with Crippen LogP contribution in [0.4, 0.5) is 10.1 Å². The van der Waals surface area contributed by atoms with Gasteiger partial charge in [0.15, 0.2) is 11.6 Å². The van der Waals surface area contributed by atoms with Gasteiger partial charge in [-0.2, -0.15) is 0 Å². The average Bonchev–Trinajstić information content (AvgIpc) is 2.68. The number of ether oxygens (including phenoxy) is 1. The molecule has 1 N–H and O–H groups in total. The van der Waals surface area contributed by atoms with Crippen LogP contribution in [0.3, 0.4) is 0 Å². The minimum atomic E-state index is -3.50. The molecule has 0 bridgehead atoms. The lowest BCUT2D eigenvalue weighted by Crippen LogP contribution is -2.24. The van der Waals surface area contributed by atoms with E-state index >= 15 is 0 Å². The first kappa shape index (κ1) is 22.8. The molecule has 0 spiro atoms. The second-order valence-electron chi connectivity index (χ2n) is 5.40. The first-order valence-corrected chi connectivity index (χ1v) is 10.4. The third-order valence-corrected chi connectivity index (χ3v) is 4.98. The fourth-order valence-corrected chi connectivity index (χ4v) is 3.16. The first-order chi connectivity index (χ1) is 13.0. The Morgan fingerprint density at radius 1 is 1.15 bits per heavy atom. The second-order valence-corrected chi connectivity index (χ2v) is 7.16. The molecule has 0 aliphatic rings. The van der Waals surface area contributed by atoms with Gasteiger partial charge < -0.3 is 4.74 Å². The molecule has 0 aliphatic carbocycles. The number of rotatable bonds is 8.